The van der Waals surface area contributed by atoms with Crippen LogP contribution in [0.15, 0.2) is 0 Å². The van der Waals surface area contributed by atoms with E-state index in [0.717, 1.165) is 11.8 Å². The van der Waals surface area contributed by atoms with Crippen LogP contribution in [0.5, 0.6) is 0 Å². The lowest BCUT2D eigenvalue weighted by molar-refractivity contribution is -0.447. The van der Waals surface area contributed by atoms with E-state index in [1.807, 2.05) is 0 Å². The van der Waals surface area contributed by atoms with Crippen LogP contribution in [0.1, 0.15) is 54.4 Å². The highest BCUT2D eigenvalue weighted by atomic mass is 32.2. The van der Waals surface area contributed by atoms with Crippen molar-refractivity contribution in [2.75, 3.05) is 7.11 Å². The van der Waals surface area contributed by atoms with Gasteiger partial charge in [-0.15, -0.1) is 4.33 Å². The van der Waals surface area contributed by atoms with Crippen molar-refractivity contribution in [3.05, 3.63) is 0 Å². The fourth-order valence-electron chi connectivity index (χ4n) is 3.46. The Morgan fingerprint density at radius 2 is 1.35 bits per heavy atom. The van der Waals surface area contributed by atoms with Gasteiger partial charge in [0.25, 0.3) is 0 Å². The van der Waals surface area contributed by atoms with Crippen molar-refractivity contribution in [1.29, 1.82) is 0 Å². The van der Waals surface area contributed by atoms with Gasteiger partial charge in [0.2, 0.25) is 0 Å². The third-order valence-corrected chi connectivity index (χ3v) is 5.95. The van der Waals surface area contributed by atoms with Crippen LogP contribution in [0.3, 0.4) is 0 Å². The van der Waals surface area contributed by atoms with Gasteiger partial charge in [-0.3, -0.25) is 0 Å². The lowest BCUT2D eigenvalue weighted by Crippen LogP contribution is -2.41. The Kier molecular flexibility index (Phi) is 7.88. The molecule has 4 heteroatoms. The Hall–Kier alpha value is 0.230. The maximum absolute atomic E-state index is 5.17. The minimum Gasteiger partial charge on any atom is -0.209 e. The summed E-state index contributed by atoms with van der Waals surface area (Å²) in [5.41, 5.74) is 0. The molecule has 0 aliphatic heterocycles. The van der Waals surface area contributed by atoms with Crippen LogP contribution in [-0.2, 0) is 14.3 Å². The van der Waals surface area contributed by atoms with Crippen LogP contribution in [0.2, 0.25) is 0 Å². The summed E-state index contributed by atoms with van der Waals surface area (Å²) in [5, 5.41) is 5.12. The minimum absolute atomic E-state index is 0.486. The van der Waals surface area contributed by atoms with E-state index in [1.165, 1.54) is 32.0 Å². The number of hydrogen-bond acceptors (Lipinski definition) is 4. The molecule has 0 aromatic heterocycles. The predicted molar refractivity (Wildman–Crippen MR) is 84.8 cm³/mol. The topological polar surface area (TPSA) is 27.7 Å². The smallest absolute Gasteiger partial charge is 0.0744 e. The quantitative estimate of drug-likeness (QED) is 0.282. The first kappa shape index (κ1) is 18.3. The molecule has 0 radical (unpaired) electrons. The first-order valence-corrected chi connectivity index (χ1v) is 8.71. The van der Waals surface area contributed by atoms with Crippen LogP contribution in [0.4, 0.5) is 0 Å². The molecule has 0 bridgehead atoms. The summed E-state index contributed by atoms with van der Waals surface area (Å²) < 4.78 is 5.17. The molecule has 0 spiro atoms. The molecule has 0 aromatic carbocycles. The zero-order chi connectivity index (χ0) is 15.3. The molecule has 1 rings (SSSR count). The van der Waals surface area contributed by atoms with E-state index in [-0.39, 0.29) is 0 Å². The molecule has 1 aliphatic carbocycles. The van der Waals surface area contributed by atoms with Gasteiger partial charge in [0.05, 0.1) is 7.11 Å². The minimum atomic E-state index is 0.486. The summed E-state index contributed by atoms with van der Waals surface area (Å²) in [6, 6.07) is 0. The fourth-order valence-corrected chi connectivity index (χ4v) is 4.77. The molecule has 1 fully saturated rings. The van der Waals surface area contributed by atoms with E-state index in [9.17, 15) is 0 Å². The molecule has 0 N–H and O–H groups in total. The van der Waals surface area contributed by atoms with Gasteiger partial charge in [-0.05, 0) is 48.3 Å². The molecule has 1 saturated carbocycles. The second kappa shape index (κ2) is 8.62. The van der Waals surface area contributed by atoms with Gasteiger partial charge in [-0.1, -0.05) is 46.6 Å². The molecule has 1 aliphatic rings. The number of hydrogen-bond donors (Lipinski definition) is 0. The van der Waals surface area contributed by atoms with Crippen molar-refractivity contribution in [3.63, 3.8) is 0 Å². The lowest BCUT2D eigenvalue weighted by atomic mass is 9.65. The van der Waals surface area contributed by atoms with Crippen LogP contribution < -0.4 is 0 Å². The Morgan fingerprint density at radius 1 is 0.850 bits per heavy atom. The Morgan fingerprint density at radius 3 is 1.70 bits per heavy atom. The summed E-state index contributed by atoms with van der Waals surface area (Å²) in [6.07, 6.45) is 2.60. The second-order valence-electron chi connectivity index (χ2n) is 7.15. The molecule has 120 valence electrons. The standard InChI is InChI=1S/C16H32O3S/c1-10(2)13-8-14(11(3)4)16(20-19-18-17-7)15(9-13)12(5)6/h10-16H,8-9H2,1-7H3. The van der Waals surface area contributed by atoms with Crippen molar-refractivity contribution < 1.29 is 14.3 Å². The summed E-state index contributed by atoms with van der Waals surface area (Å²) in [7, 11) is 1.47. The SMILES string of the molecule is COOOSC1C(C(C)C)CC(C(C)C)CC1C(C)C. The van der Waals surface area contributed by atoms with E-state index in [0.29, 0.717) is 28.9 Å². The van der Waals surface area contributed by atoms with E-state index < -0.39 is 0 Å². The first-order chi connectivity index (χ1) is 9.38. The van der Waals surface area contributed by atoms with E-state index in [1.54, 1.807) is 0 Å². The van der Waals surface area contributed by atoms with Gasteiger partial charge in [0.1, 0.15) is 0 Å². The molecule has 2 atom stereocenters. The molecule has 20 heavy (non-hydrogen) atoms. The Bertz CT molecular complexity index is 250. The molecule has 0 aromatic rings. The van der Waals surface area contributed by atoms with Crippen LogP contribution in [0, 0.1) is 35.5 Å². The van der Waals surface area contributed by atoms with Crippen molar-refractivity contribution in [3.8, 4) is 0 Å². The summed E-state index contributed by atoms with van der Waals surface area (Å²) in [6.45, 7) is 14.0. The van der Waals surface area contributed by atoms with Gasteiger partial charge in [0.15, 0.2) is 0 Å². The molecular formula is C16H32O3S. The average molecular weight is 304 g/mol. The van der Waals surface area contributed by atoms with Gasteiger partial charge in [-0.25, -0.2) is 4.89 Å². The lowest BCUT2D eigenvalue weighted by Gasteiger charge is -2.45. The summed E-state index contributed by atoms with van der Waals surface area (Å²) in [5.74, 6) is 4.28. The third kappa shape index (κ3) is 4.90. The Balaban J connectivity index is 2.82. The monoisotopic (exact) mass is 304 g/mol. The highest BCUT2D eigenvalue weighted by molar-refractivity contribution is 7.95. The summed E-state index contributed by atoms with van der Waals surface area (Å²) in [4.78, 5) is 4.54. The highest BCUT2D eigenvalue weighted by Crippen LogP contribution is 2.48. The first-order valence-electron chi connectivity index (χ1n) is 7.91. The molecule has 2 unspecified atom stereocenters. The van der Waals surface area contributed by atoms with E-state index in [4.69, 9.17) is 4.33 Å². The maximum Gasteiger partial charge on any atom is 0.0744 e. The van der Waals surface area contributed by atoms with Crippen molar-refractivity contribution in [2.45, 2.75) is 59.6 Å². The van der Waals surface area contributed by atoms with E-state index in [2.05, 4.69) is 51.5 Å². The van der Waals surface area contributed by atoms with Crippen molar-refractivity contribution in [1.82, 2.24) is 0 Å². The zero-order valence-corrected chi connectivity index (χ0v) is 14.9. The molecular weight excluding hydrogens is 272 g/mol. The molecule has 0 amide bonds. The highest BCUT2D eigenvalue weighted by Gasteiger charge is 2.42. The van der Waals surface area contributed by atoms with Gasteiger partial charge in [0, 0.05) is 17.3 Å². The maximum atomic E-state index is 5.17. The van der Waals surface area contributed by atoms with Gasteiger partial charge in [-0.2, -0.15) is 0 Å². The van der Waals surface area contributed by atoms with Gasteiger partial charge < -0.3 is 0 Å². The summed E-state index contributed by atoms with van der Waals surface area (Å²) >= 11 is 1.46. The van der Waals surface area contributed by atoms with Crippen molar-refractivity contribution >= 4 is 12.0 Å². The van der Waals surface area contributed by atoms with Crippen LogP contribution in [-0.4, -0.2) is 12.4 Å². The zero-order valence-electron chi connectivity index (χ0n) is 14.1. The van der Waals surface area contributed by atoms with Crippen LogP contribution in [0.25, 0.3) is 0 Å². The van der Waals surface area contributed by atoms with E-state index >= 15 is 0 Å². The third-order valence-electron chi connectivity index (χ3n) is 4.90. The average Bonchev–Trinajstić information content (AvgIpc) is 2.37. The largest absolute Gasteiger partial charge is 0.209 e. The van der Waals surface area contributed by atoms with Crippen molar-refractivity contribution in [2.24, 2.45) is 35.5 Å². The van der Waals surface area contributed by atoms with Crippen LogP contribution >= 0.6 is 12.0 Å². The molecule has 0 saturated heterocycles. The molecule has 3 nitrogen and oxygen atoms in total. The predicted octanol–water partition coefficient (Wildman–Crippen LogP) is 5.12. The Labute approximate surface area is 129 Å². The molecule has 0 heterocycles. The number of rotatable bonds is 7. The normalized spacial score (nSPS) is 31.5. The second-order valence-corrected chi connectivity index (χ2v) is 8.03. The van der Waals surface area contributed by atoms with Gasteiger partial charge >= 0.3 is 0 Å². The fraction of sp³-hybridized carbons (Fsp3) is 1.00.